The van der Waals surface area contributed by atoms with Crippen LogP contribution >= 0.6 is 0 Å². The number of fused-ring (bicyclic) bond motifs is 1. The van der Waals surface area contributed by atoms with Gasteiger partial charge in [0, 0.05) is 11.7 Å². The fourth-order valence-corrected chi connectivity index (χ4v) is 5.30. The minimum Gasteiger partial charge on any atom is -0.452 e. The Balaban J connectivity index is 1.43. The van der Waals surface area contributed by atoms with E-state index in [1.807, 2.05) is 41.8 Å². The molecule has 4 rings (SSSR count). The fraction of sp³-hybridized carbons (Fsp3) is 0.286. The van der Waals surface area contributed by atoms with Crippen molar-refractivity contribution in [3.8, 4) is 5.69 Å². The lowest BCUT2D eigenvalue weighted by atomic mass is 10.2. The molecule has 1 N–H and O–H groups in total. The van der Waals surface area contributed by atoms with Crippen molar-refractivity contribution in [2.24, 2.45) is 0 Å². The van der Waals surface area contributed by atoms with Gasteiger partial charge in [0.1, 0.15) is 5.82 Å². The van der Waals surface area contributed by atoms with Crippen LogP contribution in [0, 0.1) is 6.92 Å². The zero-order valence-electron chi connectivity index (χ0n) is 16.4. The van der Waals surface area contributed by atoms with Gasteiger partial charge in [0.2, 0.25) is 0 Å². The SMILES string of the molecule is Cc1nc2cc(C(=O)OCC(=O)N[C@@H]3CCS(=O)(=O)C3)ccc2n1-c1ccccc1. The predicted molar refractivity (Wildman–Crippen MR) is 111 cm³/mol. The normalized spacial score (nSPS) is 17.7. The van der Waals surface area contributed by atoms with Gasteiger partial charge in [-0.25, -0.2) is 18.2 Å². The van der Waals surface area contributed by atoms with Crippen molar-refractivity contribution in [2.45, 2.75) is 19.4 Å². The van der Waals surface area contributed by atoms with E-state index in [2.05, 4.69) is 10.3 Å². The molecule has 1 aliphatic heterocycles. The van der Waals surface area contributed by atoms with Gasteiger partial charge >= 0.3 is 5.97 Å². The Kier molecular flexibility index (Phi) is 5.29. The largest absolute Gasteiger partial charge is 0.452 e. The molecule has 1 fully saturated rings. The summed E-state index contributed by atoms with van der Waals surface area (Å²) in [5, 5.41) is 2.59. The molecule has 8 nitrogen and oxygen atoms in total. The van der Waals surface area contributed by atoms with Gasteiger partial charge < -0.3 is 10.1 Å². The first-order chi connectivity index (χ1) is 14.3. The molecular weight excluding hydrogens is 406 g/mol. The number of hydrogen-bond acceptors (Lipinski definition) is 6. The Hall–Kier alpha value is -3.20. The van der Waals surface area contributed by atoms with Gasteiger partial charge in [0.05, 0.1) is 28.1 Å². The number of carbonyl (C=O) groups excluding carboxylic acids is 2. The van der Waals surface area contributed by atoms with Crippen LogP contribution in [0.5, 0.6) is 0 Å². The molecule has 0 spiro atoms. The Bertz CT molecular complexity index is 1220. The van der Waals surface area contributed by atoms with Crippen LogP contribution < -0.4 is 5.32 Å². The van der Waals surface area contributed by atoms with Crippen molar-refractivity contribution in [1.82, 2.24) is 14.9 Å². The van der Waals surface area contributed by atoms with Gasteiger partial charge in [-0.3, -0.25) is 9.36 Å². The molecule has 0 aliphatic carbocycles. The van der Waals surface area contributed by atoms with Crippen LogP contribution in [0.4, 0.5) is 0 Å². The second kappa shape index (κ2) is 7.91. The molecule has 1 amide bonds. The number of aryl methyl sites for hydroxylation is 1. The van der Waals surface area contributed by atoms with E-state index in [-0.39, 0.29) is 17.1 Å². The number of esters is 1. The Morgan fingerprint density at radius 2 is 1.97 bits per heavy atom. The molecule has 30 heavy (non-hydrogen) atoms. The first kappa shape index (κ1) is 20.1. The maximum absolute atomic E-state index is 12.4. The zero-order valence-corrected chi connectivity index (χ0v) is 17.2. The lowest BCUT2D eigenvalue weighted by molar-refractivity contribution is -0.124. The highest BCUT2D eigenvalue weighted by atomic mass is 32.2. The number of ether oxygens (including phenoxy) is 1. The van der Waals surface area contributed by atoms with Crippen LogP contribution in [-0.2, 0) is 19.4 Å². The number of amides is 1. The molecule has 1 atom stereocenters. The lowest BCUT2D eigenvalue weighted by Crippen LogP contribution is -2.38. The molecular formula is C21H21N3O5S. The van der Waals surface area contributed by atoms with Crippen LogP contribution in [0.1, 0.15) is 22.6 Å². The van der Waals surface area contributed by atoms with Crippen LogP contribution in [0.3, 0.4) is 0 Å². The summed E-state index contributed by atoms with van der Waals surface area (Å²) in [7, 11) is -3.09. The third kappa shape index (κ3) is 4.20. The molecule has 0 radical (unpaired) electrons. The van der Waals surface area contributed by atoms with Gasteiger partial charge in [0.15, 0.2) is 16.4 Å². The molecule has 2 aromatic carbocycles. The predicted octanol–water partition coefficient (Wildman–Crippen LogP) is 1.79. The van der Waals surface area contributed by atoms with E-state index < -0.39 is 34.4 Å². The highest BCUT2D eigenvalue weighted by Gasteiger charge is 2.29. The van der Waals surface area contributed by atoms with E-state index in [0.29, 0.717) is 11.9 Å². The molecule has 9 heteroatoms. The summed E-state index contributed by atoms with van der Waals surface area (Å²) < 4.78 is 30.0. The monoisotopic (exact) mass is 427 g/mol. The van der Waals surface area contributed by atoms with Crippen LogP contribution in [0.2, 0.25) is 0 Å². The Morgan fingerprint density at radius 1 is 1.20 bits per heavy atom. The molecule has 1 aliphatic rings. The number of hydrogen-bond donors (Lipinski definition) is 1. The molecule has 0 bridgehead atoms. The standard InChI is InChI=1S/C21H21N3O5S/c1-14-22-18-11-15(7-8-19(18)24(14)17-5-3-2-4-6-17)21(26)29-12-20(25)23-16-9-10-30(27,28)13-16/h2-8,11,16H,9-10,12-13H2,1H3,(H,23,25)/t16-/m1/s1. The molecule has 156 valence electrons. The Morgan fingerprint density at radius 3 is 2.67 bits per heavy atom. The van der Waals surface area contributed by atoms with Crippen molar-refractivity contribution in [1.29, 1.82) is 0 Å². The number of carbonyl (C=O) groups is 2. The van der Waals surface area contributed by atoms with Gasteiger partial charge in [-0.2, -0.15) is 0 Å². The number of sulfone groups is 1. The summed E-state index contributed by atoms with van der Waals surface area (Å²) in [6, 6.07) is 14.4. The van der Waals surface area contributed by atoms with E-state index >= 15 is 0 Å². The maximum atomic E-state index is 12.4. The number of nitrogens with zero attached hydrogens (tertiary/aromatic N) is 2. The molecule has 1 saturated heterocycles. The third-order valence-electron chi connectivity index (χ3n) is 5.00. The maximum Gasteiger partial charge on any atom is 0.338 e. The zero-order chi connectivity index (χ0) is 21.3. The third-order valence-corrected chi connectivity index (χ3v) is 6.77. The van der Waals surface area contributed by atoms with Gasteiger partial charge in [0.25, 0.3) is 5.91 Å². The van der Waals surface area contributed by atoms with Gasteiger partial charge in [-0.15, -0.1) is 0 Å². The highest BCUT2D eigenvalue weighted by molar-refractivity contribution is 7.91. The summed E-state index contributed by atoms with van der Waals surface area (Å²) in [4.78, 5) is 28.9. The quantitative estimate of drug-likeness (QED) is 0.622. The average molecular weight is 427 g/mol. The molecule has 2 heterocycles. The number of benzene rings is 2. The summed E-state index contributed by atoms with van der Waals surface area (Å²) in [6.07, 6.45) is 0.377. The van der Waals surface area contributed by atoms with Gasteiger partial charge in [-0.1, -0.05) is 18.2 Å². The Labute approximate surface area is 173 Å². The second-order valence-corrected chi connectivity index (χ2v) is 9.51. The summed E-state index contributed by atoms with van der Waals surface area (Å²) in [5.74, 6) is -0.388. The summed E-state index contributed by atoms with van der Waals surface area (Å²) in [5.41, 5.74) is 2.76. The first-order valence-electron chi connectivity index (χ1n) is 9.54. The number of rotatable bonds is 5. The minimum atomic E-state index is -3.09. The number of aromatic nitrogens is 2. The van der Waals surface area contributed by atoms with Gasteiger partial charge in [-0.05, 0) is 43.7 Å². The highest BCUT2D eigenvalue weighted by Crippen LogP contribution is 2.22. The number of nitrogens with one attached hydrogen (secondary N) is 1. The molecule has 0 unspecified atom stereocenters. The van der Waals surface area contributed by atoms with Crippen molar-refractivity contribution < 1.29 is 22.7 Å². The fourth-order valence-electron chi connectivity index (χ4n) is 3.62. The molecule has 0 saturated carbocycles. The first-order valence-corrected chi connectivity index (χ1v) is 11.4. The van der Waals surface area contributed by atoms with Crippen molar-refractivity contribution in [3.05, 3.63) is 59.9 Å². The molecule has 3 aromatic rings. The van der Waals surface area contributed by atoms with E-state index in [0.717, 1.165) is 17.0 Å². The summed E-state index contributed by atoms with van der Waals surface area (Å²) in [6.45, 7) is 1.42. The minimum absolute atomic E-state index is 0.0623. The van der Waals surface area contributed by atoms with Crippen LogP contribution in [0.25, 0.3) is 16.7 Å². The number of imidazole rings is 1. The lowest BCUT2D eigenvalue weighted by Gasteiger charge is -2.11. The van der Waals surface area contributed by atoms with E-state index in [1.54, 1.807) is 18.2 Å². The van der Waals surface area contributed by atoms with E-state index in [4.69, 9.17) is 4.74 Å². The smallest absolute Gasteiger partial charge is 0.338 e. The van der Waals surface area contributed by atoms with E-state index in [1.165, 1.54) is 0 Å². The van der Waals surface area contributed by atoms with Crippen LogP contribution in [-0.4, -0.2) is 54.0 Å². The topological polar surface area (TPSA) is 107 Å². The van der Waals surface area contributed by atoms with E-state index in [9.17, 15) is 18.0 Å². The van der Waals surface area contributed by atoms with Crippen molar-refractivity contribution in [3.63, 3.8) is 0 Å². The average Bonchev–Trinajstić information content (AvgIpc) is 3.23. The second-order valence-electron chi connectivity index (χ2n) is 7.28. The number of para-hydroxylation sites is 1. The van der Waals surface area contributed by atoms with Crippen LogP contribution in [0.15, 0.2) is 48.5 Å². The summed E-state index contributed by atoms with van der Waals surface area (Å²) >= 11 is 0. The molecule has 1 aromatic heterocycles. The van der Waals surface area contributed by atoms with Crippen molar-refractivity contribution >= 4 is 32.7 Å². The van der Waals surface area contributed by atoms with Crippen molar-refractivity contribution in [2.75, 3.05) is 18.1 Å².